The molecule has 3 nitrogen and oxygen atoms in total. The van der Waals surface area contributed by atoms with Gasteiger partial charge in [0.1, 0.15) is 0 Å². The monoisotopic (exact) mass is 330 g/mol. The third-order valence-corrected chi connectivity index (χ3v) is 4.25. The van der Waals surface area contributed by atoms with Crippen molar-refractivity contribution in [2.24, 2.45) is 0 Å². The molecule has 0 radical (unpaired) electrons. The molecule has 0 heterocycles. The van der Waals surface area contributed by atoms with Gasteiger partial charge in [-0.15, -0.1) is 0 Å². The number of nitrogens with one attached hydrogen (secondary N) is 1. The quantitative estimate of drug-likeness (QED) is 0.839. The van der Waals surface area contributed by atoms with Gasteiger partial charge in [-0.25, -0.2) is 0 Å². The molecule has 0 fully saturated rings. The molecule has 0 spiro atoms. The summed E-state index contributed by atoms with van der Waals surface area (Å²) in [6, 6.07) is 18.0. The second kappa shape index (κ2) is 8.70. The lowest BCUT2D eigenvalue weighted by molar-refractivity contribution is -0.121. The van der Waals surface area contributed by atoms with Gasteiger partial charge < -0.3 is 10.2 Å². The lowest BCUT2D eigenvalue weighted by Gasteiger charge is -2.25. The number of carbonyl (C=O) groups excluding carboxylic acids is 1. The third kappa shape index (κ3) is 5.38. The number of nitrogens with zero attached hydrogens (tertiary/aromatic N) is 1. The fourth-order valence-corrected chi connectivity index (χ4v) is 2.75. The smallest absolute Gasteiger partial charge is 0.220 e. The molecule has 0 bridgehead atoms. The predicted octanol–water partition coefficient (Wildman–Crippen LogP) is 3.69. The second-order valence-corrected chi connectivity index (χ2v) is 6.19. The molecule has 1 atom stereocenters. The largest absolute Gasteiger partial charge is 0.354 e. The zero-order chi connectivity index (χ0) is 16.7. The van der Waals surface area contributed by atoms with Gasteiger partial charge in [0.25, 0.3) is 0 Å². The first kappa shape index (κ1) is 17.5. The topological polar surface area (TPSA) is 32.3 Å². The fourth-order valence-electron chi connectivity index (χ4n) is 2.52. The van der Waals surface area contributed by atoms with Gasteiger partial charge in [-0.3, -0.25) is 4.79 Å². The maximum absolute atomic E-state index is 12.1. The maximum Gasteiger partial charge on any atom is 0.220 e. The van der Waals surface area contributed by atoms with Crippen molar-refractivity contribution >= 4 is 17.5 Å². The summed E-state index contributed by atoms with van der Waals surface area (Å²) in [5.74, 6) is 0.0488. The maximum atomic E-state index is 12.1. The summed E-state index contributed by atoms with van der Waals surface area (Å²) in [5, 5.41) is 3.75. The van der Waals surface area contributed by atoms with E-state index in [1.165, 1.54) is 5.56 Å². The minimum Gasteiger partial charge on any atom is -0.354 e. The highest BCUT2D eigenvalue weighted by Crippen LogP contribution is 2.18. The molecule has 2 aromatic rings. The summed E-state index contributed by atoms with van der Waals surface area (Å²) in [6.07, 6.45) is 1.10. The molecule has 1 unspecified atom stereocenters. The molecule has 0 aliphatic carbocycles. The summed E-state index contributed by atoms with van der Waals surface area (Å²) >= 11 is 6.12. The van der Waals surface area contributed by atoms with Gasteiger partial charge >= 0.3 is 0 Å². The first-order valence-corrected chi connectivity index (χ1v) is 8.17. The Balaban J connectivity index is 1.86. The highest BCUT2D eigenvalue weighted by Gasteiger charge is 2.15. The molecule has 0 saturated carbocycles. The van der Waals surface area contributed by atoms with Crippen molar-refractivity contribution in [1.82, 2.24) is 10.2 Å². The average molecular weight is 331 g/mol. The minimum absolute atomic E-state index is 0.0488. The highest BCUT2D eigenvalue weighted by atomic mass is 35.5. The summed E-state index contributed by atoms with van der Waals surface area (Å²) < 4.78 is 0. The van der Waals surface area contributed by atoms with Crippen LogP contribution in [0.2, 0.25) is 5.02 Å². The Bertz CT molecular complexity index is 628. The average Bonchev–Trinajstić information content (AvgIpc) is 2.55. The first-order chi connectivity index (χ1) is 11.1. The predicted molar refractivity (Wildman–Crippen MR) is 95.7 cm³/mol. The minimum atomic E-state index is 0.0488. The Morgan fingerprint density at radius 1 is 1.09 bits per heavy atom. The summed E-state index contributed by atoms with van der Waals surface area (Å²) in [7, 11) is 4.04. The third-order valence-electron chi connectivity index (χ3n) is 3.88. The number of rotatable bonds is 7. The Kier molecular flexibility index (Phi) is 6.63. The van der Waals surface area contributed by atoms with Crippen LogP contribution >= 0.6 is 11.6 Å². The van der Waals surface area contributed by atoms with Crippen LogP contribution in [0.15, 0.2) is 54.6 Å². The standard InChI is InChI=1S/C19H23ClN2O/c1-22(2)18(16-9-4-3-5-10-16)14-21-19(23)13-12-15-8-6-7-11-17(15)20/h3-11,18H,12-14H2,1-2H3,(H,21,23). The van der Waals surface area contributed by atoms with Crippen LogP contribution in [0.1, 0.15) is 23.6 Å². The van der Waals surface area contributed by atoms with E-state index < -0.39 is 0 Å². The van der Waals surface area contributed by atoms with E-state index in [0.29, 0.717) is 19.4 Å². The molecule has 4 heteroatoms. The molecule has 0 aromatic heterocycles. The number of hydrogen-bond donors (Lipinski definition) is 1. The Morgan fingerprint density at radius 2 is 1.74 bits per heavy atom. The summed E-state index contributed by atoms with van der Waals surface area (Å²) in [5.41, 5.74) is 2.21. The van der Waals surface area contributed by atoms with Gasteiger partial charge in [0.05, 0.1) is 6.04 Å². The molecule has 122 valence electrons. The van der Waals surface area contributed by atoms with E-state index >= 15 is 0 Å². The van der Waals surface area contributed by atoms with Crippen molar-refractivity contribution in [2.45, 2.75) is 18.9 Å². The van der Waals surface area contributed by atoms with Crippen LogP contribution in [-0.4, -0.2) is 31.4 Å². The second-order valence-electron chi connectivity index (χ2n) is 5.79. The Labute approximate surface area is 143 Å². The summed E-state index contributed by atoms with van der Waals surface area (Å²) in [6.45, 7) is 0.596. The molecule has 1 amide bonds. The van der Waals surface area contributed by atoms with Gasteiger partial charge in [-0.1, -0.05) is 60.1 Å². The van der Waals surface area contributed by atoms with Crippen molar-refractivity contribution in [3.63, 3.8) is 0 Å². The molecule has 0 aliphatic rings. The molecule has 0 saturated heterocycles. The van der Waals surface area contributed by atoms with E-state index in [9.17, 15) is 4.79 Å². The van der Waals surface area contributed by atoms with E-state index in [-0.39, 0.29) is 11.9 Å². The lowest BCUT2D eigenvalue weighted by Crippen LogP contribution is -2.34. The number of aryl methyl sites for hydroxylation is 1. The van der Waals surface area contributed by atoms with Crippen LogP contribution in [0.25, 0.3) is 0 Å². The molecular weight excluding hydrogens is 308 g/mol. The van der Waals surface area contributed by atoms with Crippen LogP contribution < -0.4 is 5.32 Å². The SMILES string of the molecule is CN(C)C(CNC(=O)CCc1ccccc1Cl)c1ccccc1. The summed E-state index contributed by atoms with van der Waals surface area (Å²) in [4.78, 5) is 14.2. The van der Waals surface area contributed by atoms with Crippen LogP contribution in [0.5, 0.6) is 0 Å². The molecule has 1 N–H and O–H groups in total. The zero-order valence-corrected chi connectivity index (χ0v) is 14.4. The Hall–Kier alpha value is -1.84. The van der Waals surface area contributed by atoms with Crippen LogP contribution in [0.4, 0.5) is 0 Å². The molecular formula is C19H23ClN2O. The van der Waals surface area contributed by atoms with Gasteiger partial charge in [0.2, 0.25) is 5.91 Å². The highest BCUT2D eigenvalue weighted by molar-refractivity contribution is 6.31. The zero-order valence-electron chi connectivity index (χ0n) is 13.6. The van der Waals surface area contributed by atoms with Crippen molar-refractivity contribution in [1.29, 1.82) is 0 Å². The van der Waals surface area contributed by atoms with Crippen LogP contribution in [0.3, 0.4) is 0 Å². The van der Waals surface area contributed by atoms with Gasteiger partial charge in [0.15, 0.2) is 0 Å². The van der Waals surface area contributed by atoms with E-state index in [1.807, 2.05) is 56.6 Å². The van der Waals surface area contributed by atoms with Gasteiger partial charge in [-0.2, -0.15) is 0 Å². The first-order valence-electron chi connectivity index (χ1n) is 7.79. The Morgan fingerprint density at radius 3 is 2.39 bits per heavy atom. The molecule has 0 aliphatic heterocycles. The molecule has 2 aromatic carbocycles. The van der Waals surface area contributed by atoms with Crippen molar-refractivity contribution in [3.05, 3.63) is 70.7 Å². The molecule has 2 rings (SSSR count). The number of halogens is 1. The van der Waals surface area contributed by atoms with E-state index in [1.54, 1.807) is 0 Å². The van der Waals surface area contributed by atoms with Gasteiger partial charge in [0, 0.05) is 18.0 Å². The van der Waals surface area contributed by atoms with E-state index in [0.717, 1.165) is 10.6 Å². The number of hydrogen-bond acceptors (Lipinski definition) is 2. The van der Waals surface area contributed by atoms with E-state index in [4.69, 9.17) is 11.6 Å². The van der Waals surface area contributed by atoms with Gasteiger partial charge in [-0.05, 0) is 37.7 Å². The van der Waals surface area contributed by atoms with Crippen LogP contribution in [0, 0.1) is 0 Å². The number of carbonyl (C=O) groups is 1. The fraction of sp³-hybridized carbons (Fsp3) is 0.316. The number of benzene rings is 2. The van der Waals surface area contributed by atoms with E-state index in [2.05, 4.69) is 22.3 Å². The van der Waals surface area contributed by atoms with Crippen molar-refractivity contribution in [2.75, 3.05) is 20.6 Å². The number of likely N-dealkylation sites (N-methyl/N-ethyl adjacent to an activating group) is 1. The normalized spacial score (nSPS) is 12.2. The van der Waals surface area contributed by atoms with Crippen molar-refractivity contribution in [3.8, 4) is 0 Å². The lowest BCUT2D eigenvalue weighted by atomic mass is 10.1. The van der Waals surface area contributed by atoms with Crippen LogP contribution in [-0.2, 0) is 11.2 Å². The number of amides is 1. The molecule has 23 heavy (non-hydrogen) atoms. The van der Waals surface area contributed by atoms with Crippen molar-refractivity contribution < 1.29 is 4.79 Å².